The van der Waals surface area contributed by atoms with Crippen molar-refractivity contribution < 1.29 is 23.8 Å². The van der Waals surface area contributed by atoms with Crippen LogP contribution in [0.3, 0.4) is 0 Å². The van der Waals surface area contributed by atoms with Crippen LogP contribution < -0.4 is 25.3 Å². The summed E-state index contributed by atoms with van der Waals surface area (Å²) >= 11 is 13.2. The third kappa shape index (κ3) is 4.77. The number of rotatable bonds is 6. The summed E-state index contributed by atoms with van der Waals surface area (Å²) in [6.07, 6.45) is 2.19. The lowest BCUT2D eigenvalue weighted by atomic mass is 10.0. The second-order valence-electron chi connectivity index (χ2n) is 7.10. The van der Waals surface area contributed by atoms with Crippen LogP contribution in [-0.2, 0) is 0 Å². The first kappa shape index (κ1) is 24.1. The van der Waals surface area contributed by atoms with E-state index in [0.717, 1.165) is 0 Å². The van der Waals surface area contributed by atoms with Crippen molar-refractivity contribution in [2.75, 3.05) is 19.5 Å². The lowest BCUT2D eigenvalue weighted by Crippen LogP contribution is -2.17. The molecule has 4 rings (SSSR count). The van der Waals surface area contributed by atoms with Crippen LogP contribution in [0.4, 0.5) is 10.5 Å². The third-order valence-corrected chi connectivity index (χ3v) is 5.80. The van der Waals surface area contributed by atoms with E-state index in [2.05, 4.69) is 15.3 Å². The highest BCUT2D eigenvalue weighted by molar-refractivity contribution is 6.41. The first-order valence-corrected chi connectivity index (χ1v) is 10.8. The van der Waals surface area contributed by atoms with Crippen LogP contribution in [0, 0.1) is 0 Å². The molecule has 1 aromatic heterocycles. The molecule has 0 fully saturated rings. The van der Waals surface area contributed by atoms with Gasteiger partial charge < -0.3 is 19.9 Å². The molecular weight excluding hydrogens is 495 g/mol. The molecular formula is C24H18Cl2N4O5. The molecule has 0 spiro atoms. The minimum absolute atomic E-state index is 0.158. The number of anilines is 1. The van der Waals surface area contributed by atoms with Gasteiger partial charge in [-0.1, -0.05) is 23.2 Å². The van der Waals surface area contributed by atoms with Gasteiger partial charge >= 0.3 is 6.09 Å². The summed E-state index contributed by atoms with van der Waals surface area (Å²) in [5.41, 5.74) is 7.62. The van der Waals surface area contributed by atoms with Gasteiger partial charge in [-0.3, -0.25) is 15.1 Å². The predicted octanol–water partition coefficient (Wildman–Crippen LogP) is 5.33. The maximum atomic E-state index is 12.5. The lowest BCUT2D eigenvalue weighted by Gasteiger charge is -2.16. The van der Waals surface area contributed by atoms with Crippen LogP contribution in [0.25, 0.3) is 22.2 Å². The van der Waals surface area contributed by atoms with Gasteiger partial charge in [-0.05, 0) is 36.4 Å². The fraction of sp³-hybridized carbons (Fsp3) is 0.0833. The van der Waals surface area contributed by atoms with E-state index in [-0.39, 0.29) is 15.8 Å². The van der Waals surface area contributed by atoms with Gasteiger partial charge in [0.1, 0.15) is 22.5 Å². The summed E-state index contributed by atoms with van der Waals surface area (Å²) in [6, 6.07) is 10.8. The van der Waals surface area contributed by atoms with Crippen molar-refractivity contribution in [1.29, 1.82) is 0 Å². The van der Waals surface area contributed by atoms with Gasteiger partial charge in [0, 0.05) is 40.8 Å². The third-order valence-electron chi connectivity index (χ3n) is 5.05. The molecule has 0 aliphatic heterocycles. The van der Waals surface area contributed by atoms with Gasteiger partial charge in [-0.25, -0.2) is 9.78 Å². The first-order chi connectivity index (χ1) is 16.8. The number of benzene rings is 3. The zero-order chi connectivity index (χ0) is 25.1. The van der Waals surface area contributed by atoms with E-state index in [1.165, 1.54) is 50.9 Å². The molecule has 0 unspecified atom stereocenters. The summed E-state index contributed by atoms with van der Waals surface area (Å²) in [7, 11) is 2.96. The van der Waals surface area contributed by atoms with Gasteiger partial charge in [0.2, 0.25) is 5.91 Å². The molecule has 3 N–H and O–H groups in total. The summed E-state index contributed by atoms with van der Waals surface area (Å²) in [4.78, 5) is 32.5. The maximum Gasteiger partial charge on any atom is 0.417 e. The van der Waals surface area contributed by atoms with Crippen LogP contribution in [0.15, 0.2) is 54.9 Å². The Morgan fingerprint density at radius 3 is 2.03 bits per heavy atom. The number of ether oxygens (including phenoxy) is 3. The van der Waals surface area contributed by atoms with Crippen LogP contribution in [0.2, 0.25) is 10.0 Å². The molecule has 0 saturated heterocycles. The van der Waals surface area contributed by atoms with E-state index in [0.29, 0.717) is 44.9 Å². The van der Waals surface area contributed by atoms with Gasteiger partial charge in [0.05, 0.1) is 24.3 Å². The van der Waals surface area contributed by atoms with Crippen LogP contribution in [-0.4, -0.2) is 36.2 Å². The Balaban J connectivity index is 1.71. The number of halogens is 2. The number of methoxy groups -OCH3 is 2. The quantitative estimate of drug-likeness (QED) is 0.357. The number of nitrogens with one attached hydrogen (secondary N) is 1. The Morgan fingerprint density at radius 2 is 1.46 bits per heavy atom. The van der Waals surface area contributed by atoms with Crippen molar-refractivity contribution in [3.05, 3.63) is 70.5 Å². The van der Waals surface area contributed by atoms with E-state index in [1.807, 2.05) is 0 Å². The smallest absolute Gasteiger partial charge is 0.417 e. The van der Waals surface area contributed by atoms with Crippen molar-refractivity contribution in [3.63, 3.8) is 0 Å². The zero-order valence-corrected chi connectivity index (χ0v) is 20.0. The number of nitrogens with zero attached hydrogens (tertiary/aromatic N) is 2. The topological polar surface area (TPSA) is 126 Å². The van der Waals surface area contributed by atoms with Gasteiger partial charge in [0.25, 0.3) is 0 Å². The van der Waals surface area contributed by atoms with Gasteiger partial charge in [-0.2, -0.15) is 0 Å². The Morgan fingerprint density at radius 1 is 0.857 bits per heavy atom. The highest BCUT2D eigenvalue weighted by Crippen LogP contribution is 2.47. The summed E-state index contributed by atoms with van der Waals surface area (Å²) in [5.74, 6) is 0.312. The molecule has 11 heteroatoms. The molecule has 0 radical (unpaired) electrons. The molecule has 35 heavy (non-hydrogen) atoms. The number of fused-ring (bicyclic) bond motifs is 1. The molecule has 178 valence electrons. The minimum Gasteiger partial charge on any atom is -0.495 e. The number of carbonyl (C=O) groups excluding carboxylic acids is 2. The number of hydrogen-bond acceptors (Lipinski definition) is 7. The van der Waals surface area contributed by atoms with Crippen molar-refractivity contribution in [2.24, 2.45) is 5.73 Å². The van der Waals surface area contributed by atoms with Crippen molar-refractivity contribution in [1.82, 2.24) is 9.97 Å². The standard InChI is InChI=1S/C24H18Cl2N4O5/c1-33-16-11-17(34-2)20(26)18(19(16)25)14-7-8-15(22-21(14)28-9-10-29-22)35-24(32)30-13-5-3-12(4-6-13)23(27)31/h3-11H,1-2H3,(H2,27,31)(H,30,32). The first-order valence-electron chi connectivity index (χ1n) is 10.1. The minimum atomic E-state index is -0.768. The van der Waals surface area contributed by atoms with Crippen molar-refractivity contribution in [3.8, 4) is 28.4 Å². The Bertz CT molecular complexity index is 1420. The lowest BCUT2D eigenvalue weighted by molar-refractivity contribution is 0.100. The van der Waals surface area contributed by atoms with E-state index in [1.54, 1.807) is 18.2 Å². The Labute approximate surface area is 209 Å². The number of carbonyl (C=O) groups is 2. The zero-order valence-electron chi connectivity index (χ0n) is 18.5. The number of primary amides is 1. The van der Waals surface area contributed by atoms with Crippen LogP contribution in [0.1, 0.15) is 10.4 Å². The average molecular weight is 513 g/mol. The number of amides is 2. The van der Waals surface area contributed by atoms with E-state index >= 15 is 0 Å². The van der Waals surface area contributed by atoms with Gasteiger partial charge in [0.15, 0.2) is 5.75 Å². The van der Waals surface area contributed by atoms with Gasteiger partial charge in [-0.15, -0.1) is 0 Å². The predicted molar refractivity (Wildman–Crippen MR) is 133 cm³/mol. The van der Waals surface area contributed by atoms with Crippen LogP contribution in [0.5, 0.6) is 17.2 Å². The molecule has 0 atom stereocenters. The molecule has 2 amide bonds. The second-order valence-corrected chi connectivity index (χ2v) is 7.86. The van der Waals surface area contributed by atoms with Crippen molar-refractivity contribution >= 4 is 51.9 Å². The molecule has 0 bridgehead atoms. The number of aromatic nitrogens is 2. The molecule has 0 aliphatic rings. The molecule has 1 heterocycles. The number of nitrogens with two attached hydrogens (primary N) is 1. The second kappa shape index (κ2) is 10.0. The molecule has 0 aliphatic carbocycles. The largest absolute Gasteiger partial charge is 0.495 e. The van der Waals surface area contributed by atoms with E-state index < -0.39 is 12.0 Å². The van der Waals surface area contributed by atoms with E-state index in [4.69, 9.17) is 43.1 Å². The van der Waals surface area contributed by atoms with Crippen molar-refractivity contribution in [2.45, 2.75) is 0 Å². The average Bonchev–Trinajstić information content (AvgIpc) is 2.85. The SMILES string of the molecule is COc1cc(OC)c(Cl)c(-c2ccc(OC(=O)Nc3ccc(C(N)=O)cc3)c3nccnc23)c1Cl. The van der Waals surface area contributed by atoms with E-state index in [9.17, 15) is 9.59 Å². The Hall–Kier alpha value is -4.08. The van der Waals surface area contributed by atoms with Crippen LogP contribution >= 0.6 is 23.2 Å². The molecule has 3 aromatic carbocycles. The molecule has 0 saturated carbocycles. The summed E-state index contributed by atoms with van der Waals surface area (Å²) < 4.78 is 16.2. The summed E-state index contributed by atoms with van der Waals surface area (Å²) in [5, 5.41) is 3.10. The fourth-order valence-corrected chi connectivity index (χ4v) is 4.10. The molecule has 4 aromatic rings. The fourth-order valence-electron chi connectivity index (χ4n) is 3.40. The summed E-state index contributed by atoms with van der Waals surface area (Å²) in [6.45, 7) is 0. The highest BCUT2D eigenvalue weighted by Gasteiger charge is 2.22. The maximum absolute atomic E-state index is 12.5. The monoisotopic (exact) mass is 512 g/mol. The normalized spacial score (nSPS) is 10.6. The Kier molecular flexibility index (Phi) is 6.90. The number of hydrogen-bond donors (Lipinski definition) is 2. The highest BCUT2D eigenvalue weighted by atomic mass is 35.5. The molecule has 9 nitrogen and oxygen atoms in total.